The van der Waals surface area contributed by atoms with Crippen molar-refractivity contribution in [2.75, 3.05) is 17.1 Å². The molecule has 0 spiro atoms. The van der Waals surface area contributed by atoms with E-state index < -0.39 is 10.0 Å². The highest BCUT2D eigenvalue weighted by molar-refractivity contribution is 9.10. The van der Waals surface area contributed by atoms with Crippen LogP contribution in [0.25, 0.3) is 0 Å². The standard InChI is InChI=1S/C13H14BrN3O3S/c1-2-20-11-6-4-3-5-10(11)17-21(18,19)12-7-9(14)8-16-13(12)15/h3-8,17H,2H2,1H3,(H2,15,16). The van der Waals surface area contributed by atoms with E-state index in [2.05, 4.69) is 25.6 Å². The number of hydrogen-bond acceptors (Lipinski definition) is 5. The van der Waals surface area contributed by atoms with Gasteiger partial charge in [-0.05, 0) is 41.1 Å². The van der Waals surface area contributed by atoms with Crippen molar-refractivity contribution in [3.63, 3.8) is 0 Å². The zero-order valence-corrected chi connectivity index (χ0v) is 13.6. The minimum Gasteiger partial charge on any atom is -0.492 e. The van der Waals surface area contributed by atoms with Crippen LogP contribution in [0.5, 0.6) is 5.75 Å². The van der Waals surface area contributed by atoms with E-state index in [1.807, 2.05) is 6.92 Å². The Bertz CT molecular complexity index is 750. The third kappa shape index (κ3) is 3.64. The number of anilines is 2. The molecule has 0 radical (unpaired) electrons. The number of benzene rings is 1. The SMILES string of the molecule is CCOc1ccccc1NS(=O)(=O)c1cc(Br)cnc1N. The molecule has 1 aromatic carbocycles. The van der Waals surface area contributed by atoms with Crippen LogP contribution in [0.1, 0.15) is 6.92 Å². The van der Waals surface area contributed by atoms with Crippen LogP contribution in [-0.2, 0) is 10.0 Å². The maximum absolute atomic E-state index is 12.4. The highest BCUT2D eigenvalue weighted by Crippen LogP contribution is 2.28. The van der Waals surface area contributed by atoms with Gasteiger partial charge < -0.3 is 10.5 Å². The molecule has 0 aliphatic rings. The zero-order valence-electron chi connectivity index (χ0n) is 11.2. The lowest BCUT2D eigenvalue weighted by molar-refractivity contribution is 0.342. The molecular formula is C13H14BrN3O3S. The van der Waals surface area contributed by atoms with Crippen LogP contribution in [0.4, 0.5) is 11.5 Å². The molecule has 6 nitrogen and oxygen atoms in total. The van der Waals surface area contributed by atoms with Crippen molar-refractivity contribution in [1.82, 2.24) is 4.98 Å². The number of nitrogen functional groups attached to an aromatic ring is 1. The Morgan fingerprint density at radius 3 is 2.81 bits per heavy atom. The molecule has 0 atom stereocenters. The molecule has 0 aliphatic carbocycles. The third-order valence-electron chi connectivity index (χ3n) is 2.57. The van der Waals surface area contributed by atoms with Crippen LogP contribution < -0.4 is 15.2 Å². The Labute approximate surface area is 131 Å². The van der Waals surface area contributed by atoms with Crippen LogP contribution in [0, 0.1) is 0 Å². The second-order valence-corrected chi connectivity index (χ2v) is 6.64. The van der Waals surface area contributed by atoms with Gasteiger partial charge in [-0.1, -0.05) is 12.1 Å². The monoisotopic (exact) mass is 371 g/mol. The van der Waals surface area contributed by atoms with E-state index in [1.54, 1.807) is 24.3 Å². The van der Waals surface area contributed by atoms with Crippen LogP contribution >= 0.6 is 15.9 Å². The molecule has 0 unspecified atom stereocenters. The van der Waals surface area contributed by atoms with Crippen LogP contribution in [0.3, 0.4) is 0 Å². The van der Waals surface area contributed by atoms with Crippen LogP contribution in [-0.4, -0.2) is 20.0 Å². The first-order valence-electron chi connectivity index (χ1n) is 6.09. The molecule has 2 rings (SSSR count). The molecule has 0 aliphatic heterocycles. The third-order valence-corrected chi connectivity index (χ3v) is 4.40. The molecule has 0 fully saturated rings. The van der Waals surface area contributed by atoms with Gasteiger partial charge in [0.25, 0.3) is 10.0 Å². The normalized spacial score (nSPS) is 11.1. The fourth-order valence-electron chi connectivity index (χ4n) is 1.68. The molecule has 112 valence electrons. The number of nitrogens with zero attached hydrogens (tertiary/aromatic N) is 1. The summed E-state index contributed by atoms with van der Waals surface area (Å²) in [7, 11) is -3.85. The van der Waals surface area contributed by atoms with Crippen molar-refractivity contribution in [3.8, 4) is 5.75 Å². The molecule has 8 heteroatoms. The van der Waals surface area contributed by atoms with Gasteiger partial charge in [-0.15, -0.1) is 0 Å². The summed E-state index contributed by atoms with van der Waals surface area (Å²) in [5.74, 6) is 0.379. The minimum atomic E-state index is -3.85. The predicted molar refractivity (Wildman–Crippen MR) is 84.8 cm³/mol. The number of hydrogen-bond donors (Lipinski definition) is 2. The number of nitrogens with two attached hydrogens (primary N) is 1. The first-order chi connectivity index (χ1) is 9.94. The van der Waals surface area contributed by atoms with Gasteiger partial charge in [0.05, 0.1) is 12.3 Å². The van der Waals surface area contributed by atoms with Gasteiger partial charge in [0.15, 0.2) is 0 Å². The fourth-order valence-corrected chi connectivity index (χ4v) is 3.34. The van der Waals surface area contributed by atoms with E-state index >= 15 is 0 Å². The van der Waals surface area contributed by atoms with Gasteiger partial charge in [-0.3, -0.25) is 4.72 Å². The van der Waals surface area contributed by atoms with Crippen molar-refractivity contribution in [1.29, 1.82) is 0 Å². The van der Waals surface area contributed by atoms with Crippen molar-refractivity contribution < 1.29 is 13.2 Å². The second kappa shape index (κ2) is 6.31. The van der Waals surface area contributed by atoms with E-state index in [0.29, 0.717) is 22.5 Å². The summed E-state index contributed by atoms with van der Waals surface area (Å²) in [6, 6.07) is 8.17. The fraction of sp³-hybridized carbons (Fsp3) is 0.154. The van der Waals surface area contributed by atoms with Gasteiger partial charge in [0, 0.05) is 10.7 Å². The molecule has 3 N–H and O–H groups in total. The summed E-state index contributed by atoms with van der Waals surface area (Å²) in [4.78, 5) is 3.73. The van der Waals surface area contributed by atoms with E-state index in [4.69, 9.17) is 10.5 Å². The van der Waals surface area contributed by atoms with Crippen LogP contribution in [0.2, 0.25) is 0 Å². The van der Waals surface area contributed by atoms with Gasteiger partial charge in [0.2, 0.25) is 0 Å². The summed E-state index contributed by atoms with van der Waals surface area (Å²) >= 11 is 3.18. The molecule has 0 saturated heterocycles. The van der Waals surface area contributed by atoms with Crippen molar-refractivity contribution in [3.05, 3.63) is 41.0 Å². The Kier molecular flexibility index (Phi) is 4.69. The Balaban J connectivity index is 2.40. The van der Waals surface area contributed by atoms with Crippen molar-refractivity contribution in [2.24, 2.45) is 0 Å². The number of halogens is 1. The summed E-state index contributed by atoms with van der Waals surface area (Å²) in [5, 5.41) is 0. The molecule has 1 heterocycles. The summed E-state index contributed by atoms with van der Waals surface area (Å²) < 4.78 is 33.2. The molecular weight excluding hydrogens is 358 g/mol. The molecule has 0 saturated carbocycles. The van der Waals surface area contributed by atoms with E-state index in [9.17, 15) is 8.42 Å². The molecule has 0 bridgehead atoms. The molecule has 21 heavy (non-hydrogen) atoms. The topological polar surface area (TPSA) is 94.3 Å². The highest BCUT2D eigenvalue weighted by atomic mass is 79.9. The summed E-state index contributed by atoms with van der Waals surface area (Å²) in [5.41, 5.74) is 5.99. The number of ether oxygens (including phenoxy) is 1. The average molecular weight is 372 g/mol. The van der Waals surface area contributed by atoms with Crippen LogP contribution in [0.15, 0.2) is 45.9 Å². The number of sulfonamides is 1. The second-order valence-electron chi connectivity index (χ2n) is 4.07. The van der Waals surface area contributed by atoms with Gasteiger partial charge in [0.1, 0.15) is 16.5 Å². The first kappa shape index (κ1) is 15.6. The van der Waals surface area contributed by atoms with E-state index in [1.165, 1.54) is 12.3 Å². The van der Waals surface area contributed by atoms with Gasteiger partial charge >= 0.3 is 0 Å². The van der Waals surface area contributed by atoms with Gasteiger partial charge in [-0.25, -0.2) is 13.4 Å². The molecule has 2 aromatic rings. The highest BCUT2D eigenvalue weighted by Gasteiger charge is 2.20. The number of nitrogens with one attached hydrogen (secondary N) is 1. The van der Waals surface area contributed by atoms with Crippen molar-refractivity contribution >= 4 is 37.5 Å². The van der Waals surface area contributed by atoms with E-state index in [-0.39, 0.29) is 10.7 Å². The lowest BCUT2D eigenvalue weighted by Gasteiger charge is -2.13. The minimum absolute atomic E-state index is 0.0698. The number of rotatable bonds is 5. The van der Waals surface area contributed by atoms with Gasteiger partial charge in [-0.2, -0.15) is 0 Å². The molecule has 1 aromatic heterocycles. The number of para-hydroxylation sites is 2. The lowest BCUT2D eigenvalue weighted by atomic mass is 10.3. The Morgan fingerprint density at radius 1 is 1.38 bits per heavy atom. The van der Waals surface area contributed by atoms with E-state index in [0.717, 1.165) is 0 Å². The largest absolute Gasteiger partial charge is 0.492 e. The predicted octanol–water partition coefficient (Wildman–Crippen LogP) is 2.63. The molecule has 0 amide bonds. The quantitative estimate of drug-likeness (QED) is 0.842. The maximum atomic E-state index is 12.4. The average Bonchev–Trinajstić information content (AvgIpc) is 2.43. The Hall–Kier alpha value is -1.80. The lowest BCUT2D eigenvalue weighted by Crippen LogP contribution is -2.16. The first-order valence-corrected chi connectivity index (χ1v) is 8.37. The van der Waals surface area contributed by atoms with Crippen molar-refractivity contribution in [2.45, 2.75) is 11.8 Å². The maximum Gasteiger partial charge on any atom is 0.265 e. The number of aromatic nitrogens is 1. The smallest absolute Gasteiger partial charge is 0.265 e. The Morgan fingerprint density at radius 2 is 2.10 bits per heavy atom. The number of pyridine rings is 1. The zero-order chi connectivity index (χ0) is 15.5. The summed E-state index contributed by atoms with van der Waals surface area (Å²) in [6.45, 7) is 2.25. The summed E-state index contributed by atoms with van der Waals surface area (Å²) in [6.07, 6.45) is 1.43.